The van der Waals surface area contributed by atoms with Gasteiger partial charge in [0.2, 0.25) is 0 Å². The maximum absolute atomic E-state index is 4.25. The van der Waals surface area contributed by atoms with Gasteiger partial charge in [-0.05, 0) is 5.92 Å². The largest absolute Gasteiger partial charge is 0.388 e. The van der Waals surface area contributed by atoms with Gasteiger partial charge >= 0.3 is 0 Å². The summed E-state index contributed by atoms with van der Waals surface area (Å²) in [6, 6.07) is 0. The normalized spacial score (nSPS) is 17.8. The standard InChI is InChI=1S/C10H20.C2H6O/c1-2-3-7-10-8-5-4-6-9-10;1-3-2/h10H,2-9H2,1H3;1-2H3. The zero-order chi connectivity index (χ0) is 9.94. The van der Waals surface area contributed by atoms with E-state index in [9.17, 15) is 0 Å². The molecule has 0 saturated heterocycles. The van der Waals surface area contributed by atoms with Crippen molar-refractivity contribution in [3.05, 3.63) is 0 Å². The molecule has 1 fully saturated rings. The Morgan fingerprint density at radius 2 is 1.62 bits per heavy atom. The first-order chi connectivity index (χ1) is 6.35. The summed E-state index contributed by atoms with van der Waals surface area (Å²) in [4.78, 5) is 0. The van der Waals surface area contributed by atoms with E-state index >= 15 is 0 Å². The minimum Gasteiger partial charge on any atom is -0.388 e. The smallest absolute Gasteiger partial charge is 0.0351 e. The topological polar surface area (TPSA) is 9.23 Å². The van der Waals surface area contributed by atoms with Crippen molar-refractivity contribution in [1.82, 2.24) is 0 Å². The fourth-order valence-corrected chi connectivity index (χ4v) is 1.97. The van der Waals surface area contributed by atoms with E-state index < -0.39 is 0 Å². The number of methoxy groups -OCH3 is 1. The molecular weight excluding hydrogens is 160 g/mol. The van der Waals surface area contributed by atoms with Crippen LogP contribution in [0.15, 0.2) is 0 Å². The molecule has 0 aromatic heterocycles. The van der Waals surface area contributed by atoms with Crippen molar-refractivity contribution < 1.29 is 4.74 Å². The van der Waals surface area contributed by atoms with Gasteiger partial charge in [0.25, 0.3) is 0 Å². The minimum absolute atomic E-state index is 1.11. The van der Waals surface area contributed by atoms with Gasteiger partial charge in [-0.15, -0.1) is 0 Å². The Morgan fingerprint density at radius 1 is 1.08 bits per heavy atom. The Labute approximate surface area is 83.9 Å². The van der Waals surface area contributed by atoms with Crippen LogP contribution < -0.4 is 0 Å². The van der Waals surface area contributed by atoms with Crippen molar-refractivity contribution in [3.63, 3.8) is 0 Å². The Morgan fingerprint density at radius 3 is 2.08 bits per heavy atom. The summed E-state index contributed by atoms with van der Waals surface area (Å²) in [7, 11) is 3.25. The van der Waals surface area contributed by atoms with E-state index in [1.807, 2.05) is 0 Å². The molecule has 1 saturated carbocycles. The highest BCUT2D eigenvalue weighted by Gasteiger charge is 2.11. The molecule has 0 amide bonds. The lowest BCUT2D eigenvalue weighted by molar-refractivity contribution is 0.277. The van der Waals surface area contributed by atoms with E-state index in [1.165, 1.54) is 51.4 Å². The summed E-state index contributed by atoms with van der Waals surface area (Å²) in [6.07, 6.45) is 11.9. The Hall–Kier alpha value is -0.0400. The Bertz CT molecular complexity index is 85.1. The average molecular weight is 186 g/mol. The van der Waals surface area contributed by atoms with Gasteiger partial charge in [-0.1, -0.05) is 58.3 Å². The van der Waals surface area contributed by atoms with Crippen molar-refractivity contribution in [1.29, 1.82) is 0 Å². The van der Waals surface area contributed by atoms with Crippen LogP contribution in [-0.4, -0.2) is 14.2 Å². The molecule has 0 heterocycles. The van der Waals surface area contributed by atoms with Crippen LogP contribution >= 0.6 is 0 Å². The van der Waals surface area contributed by atoms with E-state index in [0.717, 1.165) is 5.92 Å². The van der Waals surface area contributed by atoms with Gasteiger partial charge in [0, 0.05) is 14.2 Å². The lowest BCUT2D eigenvalue weighted by Gasteiger charge is -2.20. The van der Waals surface area contributed by atoms with Gasteiger partial charge in [0.05, 0.1) is 0 Å². The Balaban J connectivity index is 0.000000424. The van der Waals surface area contributed by atoms with Gasteiger partial charge < -0.3 is 4.74 Å². The molecule has 80 valence electrons. The summed E-state index contributed by atoms with van der Waals surface area (Å²) in [5.74, 6) is 1.11. The zero-order valence-electron chi connectivity index (χ0n) is 9.64. The second-order valence-electron chi connectivity index (χ2n) is 4.05. The molecule has 1 rings (SSSR count). The molecule has 13 heavy (non-hydrogen) atoms. The third-order valence-electron chi connectivity index (χ3n) is 2.69. The van der Waals surface area contributed by atoms with Crippen LogP contribution in [0.4, 0.5) is 0 Å². The maximum Gasteiger partial charge on any atom is 0.0351 e. The van der Waals surface area contributed by atoms with Gasteiger partial charge in [-0.3, -0.25) is 0 Å². The molecular formula is C12H26O. The van der Waals surface area contributed by atoms with Crippen molar-refractivity contribution in [2.45, 2.75) is 58.3 Å². The highest BCUT2D eigenvalue weighted by Crippen LogP contribution is 2.27. The molecule has 0 aromatic rings. The van der Waals surface area contributed by atoms with Crippen LogP contribution in [-0.2, 0) is 4.74 Å². The molecule has 0 atom stereocenters. The average Bonchev–Trinajstić information content (AvgIpc) is 2.18. The van der Waals surface area contributed by atoms with Crippen LogP contribution in [0.2, 0.25) is 0 Å². The van der Waals surface area contributed by atoms with Crippen molar-refractivity contribution >= 4 is 0 Å². The third kappa shape index (κ3) is 8.29. The third-order valence-corrected chi connectivity index (χ3v) is 2.69. The number of unbranched alkanes of at least 4 members (excludes halogenated alkanes) is 1. The summed E-state index contributed by atoms with van der Waals surface area (Å²) in [6.45, 7) is 2.29. The summed E-state index contributed by atoms with van der Waals surface area (Å²) in [5, 5.41) is 0. The zero-order valence-corrected chi connectivity index (χ0v) is 9.64. The molecule has 0 N–H and O–H groups in total. The minimum atomic E-state index is 1.11. The van der Waals surface area contributed by atoms with Gasteiger partial charge in [-0.25, -0.2) is 0 Å². The predicted octanol–water partition coefficient (Wildman–Crippen LogP) is 4.02. The van der Waals surface area contributed by atoms with Gasteiger partial charge in [-0.2, -0.15) is 0 Å². The van der Waals surface area contributed by atoms with Crippen LogP contribution in [0.5, 0.6) is 0 Å². The first kappa shape index (κ1) is 13.0. The molecule has 1 nitrogen and oxygen atoms in total. The lowest BCUT2D eigenvalue weighted by atomic mass is 9.86. The molecule has 1 aliphatic carbocycles. The maximum atomic E-state index is 4.25. The number of ether oxygens (including phenoxy) is 1. The van der Waals surface area contributed by atoms with Crippen LogP contribution in [0.25, 0.3) is 0 Å². The second kappa shape index (κ2) is 10.0. The van der Waals surface area contributed by atoms with Crippen molar-refractivity contribution in [2.24, 2.45) is 5.92 Å². The van der Waals surface area contributed by atoms with E-state index in [0.29, 0.717) is 0 Å². The fourth-order valence-electron chi connectivity index (χ4n) is 1.97. The molecule has 0 radical (unpaired) electrons. The number of hydrogen-bond acceptors (Lipinski definition) is 1. The van der Waals surface area contributed by atoms with E-state index in [-0.39, 0.29) is 0 Å². The number of rotatable bonds is 3. The molecule has 1 aliphatic rings. The van der Waals surface area contributed by atoms with E-state index in [4.69, 9.17) is 0 Å². The van der Waals surface area contributed by atoms with Crippen LogP contribution in [0.3, 0.4) is 0 Å². The Kier molecular flexibility index (Phi) is 10.0. The van der Waals surface area contributed by atoms with Crippen molar-refractivity contribution in [2.75, 3.05) is 14.2 Å². The first-order valence-corrected chi connectivity index (χ1v) is 5.75. The monoisotopic (exact) mass is 186 g/mol. The fraction of sp³-hybridized carbons (Fsp3) is 1.00. The molecule has 0 bridgehead atoms. The summed E-state index contributed by atoms with van der Waals surface area (Å²) < 4.78 is 4.25. The SMILES string of the molecule is CCCCC1CCCCC1.COC. The van der Waals surface area contributed by atoms with E-state index in [1.54, 1.807) is 14.2 Å². The quantitative estimate of drug-likeness (QED) is 0.647. The van der Waals surface area contributed by atoms with Gasteiger partial charge in [0.1, 0.15) is 0 Å². The van der Waals surface area contributed by atoms with Crippen LogP contribution in [0.1, 0.15) is 58.3 Å². The lowest BCUT2D eigenvalue weighted by Crippen LogP contribution is -2.05. The number of hydrogen-bond donors (Lipinski definition) is 0. The highest BCUT2D eigenvalue weighted by atomic mass is 16.4. The summed E-state index contributed by atoms with van der Waals surface area (Å²) in [5.41, 5.74) is 0. The van der Waals surface area contributed by atoms with E-state index in [2.05, 4.69) is 11.7 Å². The predicted molar refractivity (Wildman–Crippen MR) is 59.0 cm³/mol. The molecule has 1 heteroatoms. The first-order valence-electron chi connectivity index (χ1n) is 5.75. The molecule has 0 unspecified atom stereocenters. The molecule has 0 aromatic carbocycles. The van der Waals surface area contributed by atoms with Gasteiger partial charge in [0.15, 0.2) is 0 Å². The van der Waals surface area contributed by atoms with Crippen LogP contribution in [0, 0.1) is 5.92 Å². The highest BCUT2D eigenvalue weighted by molar-refractivity contribution is 4.65. The molecule has 0 aliphatic heterocycles. The summed E-state index contributed by atoms with van der Waals surface area (Å²) >= 11 is 0. The van der Waals surface area contributed by atoms with Crippen molar-refractivity contribution in [3.8, 4) is 0 Å². The second-order valence-corrected chi connectivity index (χ2v) is 4.05. The molecule has 0 spiro atoms.